The fourth-order valence-corrected chi connectivity index (χ4v) is 1.30. The lowest BCUT2D eigenvalue weighted by Crippen LogP contribution is -2.20. The average molecular weight is 272 g/mol. The number of alkyl halides is 5. The van der Waals surface area contributed by atoms with Gasteiger partial charge in [0.2, 0.25) is 0 Å². The zero-order valence-electron chi connectivity index (χ0n) is 8.84. The molecule has 0 aliphatic carbocycles. The maximum Gasteiger partial charge on any atom is 0.573 e. The van der Waals surface area contributed by atoms with Gasteiger partial charge in [-0.1, -0.05) is 0 Å². The molecule has 102 valence electrons. The van der Waals surface area contributed by atoms with Gasteiger partial charge in [0.1, 0.15) is 5.75 Å². The summed E-state index contributed by atoms with van der Waals surface area (Å²) in [5.74, 6) is -1.10. The number of nitrogens with zero attached hydrogens (tertiary/aromatic N) is 1. The molecule has 1 aromatic rings. The molecule has 0 saturated heterocycles. The van der Waals surface area contributed by atoms with Crippen molar-refractivity contribution in [3.8, 4) is 5.75 Å². The maximum absolute atomic E-state index is 12.7. The topological polar surface area (TPSA) is 68.4 Å². The zero-order valence-corrected chi connectivity index (χ0v) is 8.84. The monoisotopic (exact) mass is 272 g/mol. The van der Waals surface area contributed by atoms with Crippen LogP contribution in [0.4, 0.5) is 22.0 Å². The first-order valence-electron chi connectivity index (χ1n) is 4.66. The Morgan fingerprint density at radius 1 is 1.39 bits per heavy atom. The van der Waals surface area contributed by atoms with Crippen LogP contribution in [0.3, 0.4) is 0 Å². The minimum Gasteiger partial charge on any atom is -0.405 e. The van der Waals surface area contributed by atoms with Crippen LogP contribution in [0.5, 0.6) is 5.75 Å². The molecule has 9 heteroatoms. The van der Waals surface area contributed by atoms with Crippen LogP contribution in [0.2, 0.25) is 0 Å². The van der Waals surface area contributed by atoms with Gasteiger partial charge in [0, 0.05) is 12.6 Å². The fourth-order valence-electron chi connectivity index (χ4n) is 1.30. The van der Waals surface area contributed by atoms with E-state index >= 15 is 0 Å². The van der Waals surface area contributed by atoms with E-state index < -0.39 is 36.4 Å². The number of hydrogen-bond acceptors (Lipinski definition) is 4. The van der Waals surface area contributed by atoms with Gasteiger partial charge in [0.15, 0.2) is 0 Å². The lowest BCUT2D eigenvalue weighted by atomic mass is 10.1. The summed E-state index contributed by atoms with van der Waals surface area (Å²) in [5, 5.41) is 8.84. The number of pyridine rings is 1. The molecule has 0 bridgehead atoms. The van der Waals surface area contributed by atoms with Crippen molar-refractivity contribution in [3.05, 3.63) is 23.0 Å². The highest BCUT2D eigenvalue weighted by Crippen LogP contribution is 2.35. The molecule has 1 heterocycles. The number of hydrogen-bond donors (Lipinski definition) is 2. The number of aliphatic hydroxyl groups excluding tert-OH is 1. The van der Waals surface area contributed by atoms with Crippen LogP contribution in [0.15, 0.2) is 6.07 Å². The van der Waals surface area contributed by atoms with E-state index in [1.165, 1.54) is 0 Å². The average Bonchev–Trinajstić information content (AvgIpc) is 2.25. The van der Waals surface area contributed by atoms with Crippen LogP contribution in [0.1, 0.15) is 23.4 Å². The van der Waals surface area contributed by atoms with Crippen molar-refractivity contribution in [2.24, 2.45) is 5.73 Å². The Labute approximate surface area is 98.2 Å². The Morgan fingerprint density at radius 2 is 2.00 bits per heavy atom. The maximum atomic E-state index is 12.7. The molecule has 0 saturated carbocycles. The summed E-state index contributed by atoms with van der Waals surface area (Å²) in [5.41, 5.74) is 3.39. The Balaban J connectivity index is 3.34. The quantitative estimate of drug-likeness (QED) is 0.821. The molecule has 1 aromatic heterocycles. The molecule has 1 rings (SSSR count). The van der Waals surface area contributed by atoms with Gasteiger partial charge < -0.3 is 15.6 Å². The van der Waals surface area contributed by atoms with E-state index in [1.54, 1.807) is 0 Å². The Bertz CT molecular complexity index is 422. The van der Waals surface area contributed by atoms with Gasteiger partial charge in [0.05, 0.1) is 23.6 Å². The van der Waals surface area contributed by atoms with Gasteiger partial charge in [-0.25, -0.2) is 8.78 Å². The number of nitrogens with two attached hydrogens (primary N) is 1. The molecule has 0 aromatic carbocycles. The molecule has 0 fully saturated rings. The van der Waals surface area contributed by atoms with E-state index in [4.69, 9.17) is 10.8 Å². The first kappa shape index (κ1) is 14.6. The first-order valence-corrected chi connectivity index (χ1v) is 4.66. The molecule has 0 unspecified atom stereocenters. The summed E-state index contributed by atoms with van der Waals surface area (Å²) >= 11 is 0. The van der Waals surface area contributed by atoms with Gasteiger partial charge >= 0.3 is 6.36 Å². The molecule has 4 nitrogen and oxygen atoms in total. The van der Waals surface area contributed by atoms with Crippen molar-refractivity contribution in [1.29, 1.82) is 0 Å². The minimum atomic E-state index is -5.12. The summed E-state index contributed by atoms with van der Waals surface area (Å²) in [6, 6.07) is 0.675. The van der Waals surface area contributed by atoms with Gasteiger partial charge in [-0.05, 0) is 0 Å². The van der Waals surface area contributed by atoms with Crippen LogP contribution in [0.25, 0.3) is 0 Å². The highest BCUT2D eigenvalue weighted by Gasteiger charge is 2.34. The SMILES string of the molecule is NCc1cc(OC(F)(F)F)c(C(F)F)c(CO)n1. The molecule has 3 N–H and O–H groups in total. The predicted molar refractivity (Wildman–Crippen MR) is 49.7 cm³/mol. The summed E-state index contributed by atoms with van der Waals surface area (Å²) in [7, 11) is 0. The second kappa shape index (κ2) is 5.44. The van der Waals surface area contributed by atoms with Crippen LogP contribution in [0, 0.1) is 0 Å². The van der Waals surface area contributed by atoms with Crippen LogP contribution in [-0.4, -0.2) is 16.5 Å². The van der Waals surface area contributed by atoms with Gasteiger partial charge in [-0.2, -0.15) is 0 Å². The minimum absolute atomic E-state index is 0.0947. The van der Waals surface area contributed by atoms with Crippen LogP contribution >= 0.6 is 0 Å². The summed E-state index contributed by atoms with van der Waals surface area (Å²) in [4.78, 5) is 3.52. The number of halogens is 5. The van der Waals surface area contributed by atoms with Crippen molar-refractivity contribution in [2.45, 2.75) is 25.9 Å². The van der Waals surface area contributed by atoms with E-state index in [1.807, 2.05) is 0 Å². The number of aromatic nitrogens is 1. The summed E-state index contributed by atoms with van der Waals surface area (Å²) < 4.78 is 65.0. The van der Waals surface area contributed by atoms with Crippen molar-refractivity contribution < 1.29 is 31.8 Å². The third-order valence-corrected chi connectivity index (χ3v) is 1.96. The Kier molecular flexibility index (Phi) is 4.41. The van der Waals surface area contributed by atoms with Gasteiger partial charge in [-0.15, -0.1) is 13.2 Å². The molecule has 0 amide bonds. The number of aliphatic hydroxyl groups is 1. The molecular weight excluding hydrogens is 263 g/mol. The Morgan fingerprint density at radius 3 is 2.39 bits per heavy atom. The Hall–Kier alpha value is -1.48. The van der Waals surface area contributed by atoms with Crippen molar-refractivity contribution in [2.75, 3.05) is 0 Å². The largest absolute Gasteiger partial charge is 0.573 e. The van der Waals surface area contributed by atoms with E-state index in [2.05, 4.69) is 9.72 Å². The highest BCUT2D eigenvalue weighted by molar-refractivity contribution is 5.39. The van der Waals surface area contributed by atoms with Crippen LogP contribution < -0.4 is 10.5 Å². The smallest absolute Gasteiger partial charge is 0.405 e. The molecular formula is C9H9F5N2O2. The predicted octanol–water partition coefficient (Wildman–Crippen LogP) is 1.87. The first-order chi connectivity index (χ1) is 8.28. The second-order valence-corrected chi connectivity index (χ2v) is 3.18. The van der Waals surface area contributed by atoms with Gasteiger partial charge in [0.25, 0.3) is 6.43 Å². The second-order valence-electron chi connectivity index (χ2n) is 3.18. The highest BCUT2D eigenvalue weighted by atomic mass is 19.4. The standard InChI is InChI=1S/C9H9F5N2O2/c10-8(11)7-5(3-17)16-4(2-15)1-6(7)18-9(12,13)14/h1,8,17H,2-3,15H2. The normalized spacial score (nSPS) is 12.0. The summed E-state index contributed by atoms with van der Waals surface area (Å²) in [6.45, 7) is -1.22. The molecule has 0 aliphatic heterocycles. The molecule has 0 spiro atoms. The summed E-state index contributed by atoms with van der Waals surface area (Å²) in [6.07, 6.45) is -8.38. The van der Waals surface area contributed by atoms with Crippen molar-refractivity contribution in [1.82, 2.24) is 4.98 Å². The van der Waals surface area contributed by atoms with Crippen molar-refractivity contribution >= 4 is 0 Å². The van der Waals surface area contributed by atoms with Gasteiger partial charge in [-0.3, -0.25) is 4.98 Å². The zero-order chi connectivity index (χ0) is 13.9. The number of rotatable bonds is 4. The fraction of sp³-hybridized carbons (Fsp3) is 0.444. The molecule has 0 radical (unpaired) electrons. The third-order valence-electron chi connectivity index (χ3n) is 1.96. The molecule has 0 aliphatic rings. The molecule has 0 atom stereocenters. The lowest BCUT2D eigenvalue weighted by molar-refractivity contribution is -0.275. The van der Waals surface area contributed by atoms with E-state index in [0.717, 1.165) is 0 Å². The molecule has 18 heavy (non-hydrogen) atoms. The number of ether oxygens (including phenoxy) is 1. The van der Waals surface area contributed by atoms with E-state index in [-0.39, 0.29) is 12.2 Å². The lowest BCUT2D eigenvalue weighted by Gasteiger charge is -2.16. The third kappa shape index (κ3) is 3.50. The van der Waals surface area contributed by atoms with Crippen LogP contribution in [-0.2, 0) is 13.2 Å². The van der Waals surface area contributed by atoms with E-state index in [0.29, 0.717) is 6.07 Å². The van der Waals surface area contributed by atoms with E-state index in [9.17, 15) is 22.0 Å². The van der Waals surface area contributed by atoms with Crippen molar-refractivity contribution in [3.63, 3.8) is 0 Å².